The van der Waals surface area contributed by atoms with Crippen molar-refractivity contribution >= 4 is 15.9 Å². The molecule has 2 aromatic rings. The molecule has 7 heteroatoms. The van der Waals surface area contributed by atoms with Crippen LogP contribution in [0.25, 0.3) is 0 Å². The Morgan fingerprint density at radius 3 is 2.53 bits per heavy atom. The molecule has 2 aliphatic rings. The number of para-hydroxylation sites is 1. The fraction of sp³-hybridized carbons (Fsp3) is 0.435. The smallest absolute Gasteiger partial charge is 0.243 e. The lowest BCUT2D eigenvalue weighted by Crippen LogP contribution is -2.43. The van der Waals surface area contributed by atoms with Gasteiger partial charge in [0.25, 0.3) is 0 Å². The van der Waals surface area contributed by atoms with Gasteiger partial charge < -0.3 is 10.1 Å². The zero-order valence-corrected chi connectivity index (χ0v) is 17.9. The summed E-state index contributed by atoms with van der Waals surface area (Å²) in [7, 11) is -3.50. The molecule has 1 aliphatic carbocycles. The fourth-order valence-corrected chi connectivity index (χ4v) is 5.74. The Morgan fingerprint density at radius 1 is 1.03 bits per heavy atom. The summed E-state index contributed by atoms with van der Waals surface area (Å²) >= 11 is 0. The first-order valence-corrected chi connectivity index (χ1v) is 12.1. The van der Waals surface area contributed by atoms with E-state index < -0.39 is 10.0 Å². The molecule has 160 valence electrons. The third kappa shape index (κ3) is 4.68. The van der Waals surface area contributed by atoms with Crippen LogP contribution in [-0.2, 0) is 27.7 Å². The van der Waals surface area contributed by atoms with Crippen molar-refractivity contribution in [3.8, 4) is 5.75 Å². The molecule has 6 nitrogen and oxygen atoms in total. The minimum absolute atomic E-state index is 0.0266. The molecule has 1 amide bonds. The van der Waals surface area contributed by atoms with E-state index >= 15 is 0 Å². The normalized spacial score (nSPS) is 17.5. The number of hydrogen-bond donors (Lipinski definition) is 1. The number of benzene rings is 2. The minimum Gasteiger partial charge on any atom is -0.492 e. The molecule has 1 heterocycles. The highest BCUT2D eigenvalue weighted by molar-refractivity contribution is 7.89. The standard InChI is InChI=1S/C23H28N2O4S/c26-23(24-13-16-29-21-7-2-1-3-8-21)19-11-14-25(15-12-19)30(27,28)22-10-9-18-5-4-6-20(18)17-22/h1-3,7-10,17,19H,4-6,11-16H2,(H,24,26). The van der Waals surface area contributed by atoms with Gasteiger partial charge in [-0.3, -0.25) is 4.79 Å². The molecule has 0 unspecified atom stereocenters. The maximum absolute atomic E-state index is 13.0. The molecule has 1 aliphatic heterocycles. The molecule has 1 fully saturated rings. The predicted molar refractivity (Wildman–Crippen MR) is 115 cm³/mol. The van der Waals surface area contributed by atoms with Crippen LogP contribution in [0, 0.1) is 5.92 Å². The Kier molecular flexibility index (Phi) is 6.39. The van der Waals surface area contributed by atoms with Gasteiger partial charge in [0, 0.05) is 19.0 Å². The Hall–Kier alpha value is -2.38. The summed E-state index contributed by atoms with van der Waals surface area (Å²) in [5, 5.41) is 2.90. The van der Waals surface area contributed by atoms with Crippen LogP contribution in [0.15, 0.2) is 53.4 Å². The van der Waals surface area contributed by atoms with Crippen LogP contribution in [0.1, 0.15) is 30.4 Å². The van der Waals surface area contributed by atoms with E-state index in [9.17, 15) is 13.2 Å². The Labute approximate surface area is 178 Å². The van der Waals surface area contributed by atoms with Gasteiger partial charge in [-0.1, -0.05) is 24.3 Å². The molecule has 1 saturated heterocycles. The number of nitrogens with zero attached hydrogens (tertiary/aromatic N) is 1. The molecular weight excluding hydrogens is 400 g/mol. The van der Waals surface area contributed by atoms with Crippen molar-refractivity contribution < 1.29 is 17.9 Å². The second kappa shape index (κ2) is 9.18. The van der Waals surface area contributed by atoms with E-state index in [1.54, 1.807) is 6.07 Å². The topological polar surface area (TPSA) is 75.7 Å². The lowest BCUT2D eigenvalue weighted by Gasteiger charge is -2.30. The number of amides is 1. The summed E-state index contributed by atoms with van der Waals surface area (Å²) in [5.74, 6) is 0.589. The third-order valence-corrected chi connectivity index (χ3v) is 7.84. The third-order valence-electron chi connectivity index (χ3n) is 5.95. The quantitative estimate of drug-likeness (QED) is 0.688. The van der Waals surface area contributed by atoms with Crippen LogP contribution in [-0.4, -0.2) is 44.9 Å². The highest BCUT2D eigenvalue weighted by Gasteiger charge is 2.32. The number of rotatable bonds is 7. The summed E-state index contributed by atoms with van der Waals surface area (Å²) in [5.41, 5.74) is 2.42. The van der Waals surface area contributed by atoms with Gasteiger partial charge in [-0.25, -0.2) is 8.42 Å². The number of piperidine rings is 1. The lowest BCUT2D eigenvalue weighted by molar-refractivity contribution is -0.126. The molecule has 2 aromatic carbocycles. The van der Waals surface area contributed by atoms with Gasteiger partial charge in [-0.2, -0.15) is 4.31 Å². The summed E-state index contributed by atoms with van der Waals surface area (Å²) in [4.78, 5) is 12.8. The number of carbonyl (C=O) groups is 1. The van der Waals surface area contributed by atoms with E-state index in [0.29, 0.717) is 44.0 Å². The number of carbonyl (C=O) groups excluding carboxylic acids is 1. The molecule has 0 saturated carbocycles. The van der Waals surface area contributed by atoms with E-state index in [4.69, 9.17) is 4.74 Å². The van der Waals surface area contributed by atoms with Gasteiger partial charge in [0.1, 0.15) is 12.4 Å². The van der Waals surface area contributed by atoms with Crippen LogP contribution in [0.2, 0.25) is 0 Å². The largest absolute Gasteiger partial charge is 0.492 e. The molecule has 0 bridgehead atoms. The average Bonchev–Trinajstić information content (AvgIpc) is 3.25. The zero-order valence-electron chi connectivity index (χ0n) is 17.0. The van der Waals surface area contributed by atoms with Crippen LogP contribution < -0.4 is 10.1 Å². The lowest BCUT2D eigenvalue weighted by atomic mass is 9.97. The molecule has 0 aromatic heterocycles. The molecule has 4 rings (SSSR count). The predicted octanol–water partition coefficient (Wildman–Crippen LogP) is 2.77. The van der Waals surface area contributed by atoms with Crippen LogP contribution in [0.5, 0.6) is 5.75 Å². The fourth-order valence-electron chi connectivity index (χ4n) is 4.22. The van der Waals surface area contributed by atoms with Crippen molar-refractivity contribution in [1.29, 1.82) is 0 Å². The molecule has 0 spiro atoms. The first-order chi connectivity index (χ1) is 14.5. The summed E-state index contributed by atoms with van der Waals surface area (Å²) in [6.45, 7) is 1.58. The van der Waals surface area contributed by atoms with Gasteiger partial charge in [-0.05, 0) is 67.5 Å². The zero-order chi connectivity index (χ0) is 21.0. The maximum Gasteiger partial charge on any atom is 0.243 e. The maximum atomic E-state index is 13.0. The Bertz CT molecular complexity index is 984. The highest BCUT2D eigenvalue weighted by atomic mass is 32.2. The number of sulfonamides is 1. The van der Waals surface area contributed by atoms with Crippen LogP contribution in [0.3, 0.4) is 0 Å². The summed E-state index contributed by atoms with van der Waals surface area (Å²) < 4.78 is 33.1. The SMILES string of the molecule is O=C(NCCOc1ccccc1)C1CCN(S(=O)(=O)c2ccc3c(c2)CCC3)CC1. The van der Waals surface area contributed by atoms with E-state index in [2.05, 4.69) is 5.32 Å². The van der Waals surface area contributed by atoms with Crippen molar-refractivity contribution in [3.05, 3.63) is 59.7 Å². The van der Waals surface area contributed by atoms with E-state index in [-0.39, 0.29) is 11.8 Å². The number of fused-ring (bicyclic) bond motifs is 1. The van der Waals surface area contributed by atoms with Crippen molar-refractivity contribution in [2.24, 2.45) is 5.92 Å². The molecule has 0 atom stereocenters. The van der Waals surface area contributed by atoms with Gasteiger partial charge in [0.2, 0.25) is 15.9 Å². The Balaban J connectivity index is 1.25. The number of nitrogens with one attached hydrogen (secondary N) is 1. The second-order valence-corrected chi connectivity index (χ2v) is 9.85. The first kappa shape index (κ1) is 20.9. The molecule has 30 heavy (non-hydrogen) atoms. The van der Waals surface area contributed by atoms with E-state index in [0.717, 1.165) is 30.6 Å². The van der Waals surface area contributed by atoms with Crippen molar-refractivity contribution in [3.63, 3.8) is 0 Å². The molecule has 0 radical (unpaired) electrons. The van der Waals surface area contributed by atoms with Crippen molar-refractivity contribution in [2.75, 3.05) is 26.2 Å². The number of hydrogen-bond acceptors (Lipinski definition) is 4. The van der Waals surface area contributed by atoms with Gasteiger partial charge in [-0.15, -0.1) is 0 Å². The highest BCUT2D eigenvalue weighted by Crippen LogP contribution is 2.28. The van der Waals surface area contributed by atoms with Gasteiger partial charge in [0.05, 0.1) is 11.4 Å². The monoisotopic (exact) mass is 428 g/mol. The number of ether oxygens (including phenoxy) is 1. The van der Waals surface area contributed by atoms with Crippen LogP contribution in [0.4, 0.5) is 0 Å². The number of aryl methyl sites for hydroxylation is 2. The van der Waals surface area contributed by atoms with Crippen molar-refractivity contribution in [1.82, 2.24) is 9.62 Å². The molecule has 1 N–H and O–H groups in total. The molecular formula is C23H28N2O4S. The van der Waals surface area contributed by atoms with E-state index in [1.165, 1.54) is 9.87 Å². The average molecular weight is 429 g/mol. The van der Waals surface area contributed by atoms with Gasteiger partial charge >= 0.3 is 0 Å². The van der Waals surface area contributed by atoms with E-state index in [1.807, 2.05) is 42.5 Å². The minimum atomic E-state index is -3.50. The van der Waals surface area contributed by atoms with Crippen LogP contribution >= 0.6 is 0 Å². The summed E-state index contributed by atoms with van der Waals surface area (Å²) in [6.07, 6.45) is 4.16. The first-order valence-electron chi connectivity index (χ1n) is 10.6. The van der Waals surface area contributed by atoms with Gasteiger partial charge in [0.15, 0.2) is 0 Å². The van der Waals surface area contributed by atoms with Crippen molar-refractivity contribution in [2.45, 2.75) is 37.0 Å². The summed E-state index contributed by atoms with van der Waals surface area (Å²) in [6, 6.07) is 15.0. The second-order valence-electron chi connectivity index (χ2n) is 7.91. The Morgan fingerprint density at radius 2 is 1.77 bits per heavy atom.